The van der Waals surface area contributed by atoms with Gasteiger partial charge in [-0.15, -0.1) is 0 Å². The molecule has 0 saturated carbocycles. The van der Waals surface area contributed by atoms with Gasteiger partial charge in [-0.1, -0.05) is 0 Å². The number of anilines is 2. The van der Waals surface area contributed by atoms with Crippen molar-refractivity contribution in [2.45, 2.75) is 18.9 Å². The summed E-state index contributed by atoms with van der Waals surface area (Å²) in [7, 11) is 0. The number of aliphatic carboxylic acids is 1. The van der Waals surface area contributed by atoms with E-state index in [1.54, 1.807) is 12.3 Å². The first-order valence-electron chi connectivity index (χ1n) is 6.91. The third kappa shape index (κ3) is 2.53. The molecule has 2 aliphatic rings. The molecule has 0 aliphatic carbocycles. The number of nitrogens with zero attached hydrogens (tertiary/aromatic N) is 4. The van der Waals surface area contributed by atoms with E-state index < -0.39 is 12.0 Å². The Morgan fingerprint density at radius 2 is 2.15 bits per heavy atom. The van der Waals surface area contributed by atoms with Gasteiger partial charge < -0.3 is 19.6 Å². The van der Waals surface area contributed by atoms with Gasteiger partial charge in [0.15, 0.2) is 0 Å². The van der Waals surface area contributed by atoms with E-state index in [0.717, 1.165) is 26.1 Å². The molecular formula is C13H18N4O3. The van der Waals surface area contributed by atoms with E-state index in [1.807, 2.05) is 4.90 Å². The highest BCUT2D eigenvalue weighted by molar-refractivity contribution is 5.78. The smallest absolute Gasteiger partial charge is 0.326 e. The Balaban J connectivity index is 1.81. The summed E-state index contributed by atoms with van der Waals surface area (Å²) in [6.07, 6.45) is 3.25. The standard InChI is InChI=1S/C13H18N4O3/c18-12(19)10-2-1-5-17(10)11-3-4-14-13(15-11)16-6-8-20-9-7-16/h3-4,10H,1-2,5-9H2,(H,18,19)/t10-/m1/s1. The van der Waals surface area contributed by atoms with E-state index in [9.17, 15) is 9.90 Å². The molecule has 0 radical (unpaired) electrons. The highest BCUT2D eigenvalue weighted by atomic mass is 16.5. The van der Waals surface area contributed by atoms with Gasteiger partial charge in [0.05, 0.1) is 13.2 Å². The minimum Gasteiger partial charge on any atom is -0.480 e. The fourth-order valence-electron chi connectivity index (χ4n) is 2.71. The minimum atomic E-state index is -0.783. The number of carboxylic acid groups (broad SMARTS) is 1. The van der Waals surface area contributed by atoms with Crippen LogP contribution in [-0.4, -0.2) is 59.9 Å². The molecule has 0 unspecified atom stereocenters. The number of aromatic nitrogens is 2. The Hall–Kier alpha value is -1.89. The number of carboxylic acids is 1. The Bertz CT molecular complexity index is 490. The first-order valence-corrected chi connectivity index (χ1v) is 6.91. The van der Waals surface area contributed by atoms with E-state index in [1.165, 1.54) is 0 Å². The highest BCUT2D eigenvalue weighted by Gasteiger charge is 2.31. The molecular weight excluding hydrogens is 260 g/mol. The molecule has 1 atom stereocenters. The second-order valence-electron chi connectivity index (χ2n) is 5.00. The summed E-state index contributed by atoms with van der Waals surface area (Å²) in [6.45, 7) is 3.62. The van der Waals surface area contributed by atoms with Crippen LogP contribution in [0.2, 0.25) is 0 Å². The molecule has 0 aromatic carbocycles. The number of hydrogen-bond donors (Lipinski definition) is 1. The minimum absolute atomic E-state index is 0.470. The lowest BCUT2D eigenvalue weighted by atomic mass is 10.2. The summed E-state index contributed by atoms with van der Waals surface area (Å²) >= 11 is 0. The molecule has 1 N–H and O–H groups in total. The summed E-state index contributed by atoms with van der Waals surface area (Å²) in [5, 5.41) is 9.25. The van der Waals surface area contributed by atoms with Gasteiger partial charge in [0, 0.05) is 25.8 Å². The molecule has 0 amide bonds. The molecule has 3 heterocycles. The van der Waals surface area contributed by atoms with Crippen LogP contribution in [0.1, 0.15) is 12.8 Å². The van der Waals surface area contributed by atoms with Crippen molar-refractivity contribution in [3.05, 3.63) is 12.3 Å². The fraction of sp³-hybridized carbons (Fsp3) is 0.615. The molecule has 3 rings (SSSR count). The zero-order valence-electron chi connectivity index (χ0n) is 11.2. The van der Waals surface area contributed by atoms with Crippen molar-refractivity contribution in [3.8, 4) is 0 Å². The van der Waals surface area contributed by atoms with E-state index >= 15 is 0 Å². The van der Waals surface area contributed by atoms with E-state index in [4.69, 9.17) is 4.74 Å². The van der Waals surface area contributed by atoms with Crippen LogP contribution in [0.15, 0.2) is 12.3 Å². The highest BCUT2D eigenvalue weighted by Crippen LogP contribution is 2.25. The van der Waals surface area contributed by atoms with Crippen molar-refractivity contribution < 1.29 is 14.6 Å². The molecule has 0 bridgehead atoms. The van der Waals surface area contributed by atoms with E-state index in [2.05, 4.69) is 14.9 Å². The van der Waals surface area contributed by atoms with Crippen molar-refractivity contribution in [2.75, 3.05) is 42.6 Å². The largest absolute Gasteiger partial charge is 0.480 e. The van der Waals surface area contributed by atoms with Crippen LogP contribution in [0.25, 0.3) is 0 Å². The maximum absolute atomic E-state index is 11.3. The van der Waals surface area contributed by atoms with Gasteiger partial charge in [-0.2, -0.15) is 4.98 Å². The molecule has 2 saturated heterocycles. The summed E-state index contributed by atoms with van der Waals surface area (Å²) in [5.41, 5.74) is 0. The van der Waals surface area contributed by atoms with Crippen LogP contribution in [0.4, 0.5) is 11.8 Å². The summed E-state index contributed by atoms with van der Waals surface area (Å²) in [6, 6.07) is 1.31. The molecule has 2 fully saturated rings. The molecule has 2 aliphatic heterocycles. The van der Waals surface area contributed by atoms with Crippen molar-refractivity contribution >= 4 is 17.7 Å². The summed E-state index contributed by atoms with van der Waals surface area (Å²) < 4.78 is 5.31. The topological polar surface area (TPSA) is 78.8 Å². The van der Waals surface area contributed by atoms with Gasteiger partial charge in [0.25, 0.3) is 0 Å². The lowest BCUT2D eigenvalue weighted by molar-refractivity contribution is -0.138. The average Bonchev–Trinajstić information content (AvgIpc) is 2.98. The van der Waals surface area contributed by atoms with Gasteiger partial charge in [0.1, 0.15) is 11.9 Å². The summed E-state index contributed by atoms with van der Waals surface area (Å²) in [5.74, 6) is 0.572. The molecule has 1 aromatic rings. The number of ether oxygens (including phenoxy) is 1. The van der Waals surface area contributed by atoms with Crippen molar-refractivity contribution in [1.29, 1.82) is 0 Å². The van der Waals surface area contributed by atoms with Crippen LogP contribution in [0.3, 0.4) is 0 Å². The Kier molecular flexibility index (Phi) is 3.68. The van der Waals surface area contributed by atoms with Crippen molar-refractivity contribution in [1.82, 2.24) is 9.97 Å². The monoisotopic (exact) mass is 278 g/mol. The third-order valence-electron chi connectivity index (χ3n) is 3.75. The number of hydrogen-bond acceptors (Lipinski definition) is 6. The zero-order chi connectivity index (χ0) is 13.9. The lowest BCUT2D eigenvalue weighted by Gasteiger charge is -2.28. The van der Waals surface area contributed by atoms with Gasteiger partial charge >= 0.3 is 5.97 Å². The Labute approximate surface area is 117 Å². The van der Waals surface area contributed by atoms with E-state index in [-0.39, 0.29) is 0 Å². The lowest BCUT2D eigenvalue weighted by Crippen LogP contribution is -2.39. The van der Waals surface area contributed by atoms with Gasteiger partial charge in [-0.3, -0.25) is 0 Å². The van der Waals surface area contributed by atoms with Crippen LogP contribution in [-0.2, 0) is 9.53 Å². The Morgan fingerprint density at radius 3 is 2.90 bits per heavy atom. The normalized spacial score (nSPS) is 23.1. The third-order valence-corrected chi connectivity index (χ3v) is 3.75. The van der Waals surface area contributed by atoms with Gasteiger partial charge in [-0.05, 0) is 18.9 Å². The Morgan fingerprint density at radius 1 is 1.35 bits per heavy atom. The SMILES string of the molecule is O=C(O)[C@H]1CCCN1c1ccnc(N2CCOCC2)n1. The van der Waals surface area contributed by atoms with Gasteiger partial charge in [0.2, 0.25) is 5.95 Å². The zero-order valence-corrected chi connectivity index (χ0v) is 11.2. The number of rotatable bonds is 3. The summed E-state index contributed by atoms with van der Waals surface area (Å²) in [4.78, 5) is 24.0. The average molecular weight is 278 g/mol. The molecule has 7 nitrogen and oxygen atoms in total. The molecule has 108 valence electrons. The first kappa shape index (κ1) is 13.1. The maximum Gasteiger partial charge on any atom is 0.326 e. The number of morpholine rings is 1. The predicted molar refractivity (Wildman–Crippen MR) is 73.1 cm³/mol. The second kappa shape index (κ2) is 5.62. The predicted octanol–water partition coefficient (Wildman–Crippen LogP) is 0.367. The van der Waals surface area contributed by atoms with Crippen LogP contribution in [0.5, 0.6) is 0 Å². The van der Waals surface area contributed by atoms with Crippen molar-refractivity contribution in [3.63, 3.8) is 0 Å². The molecule has 7 heteroatoms. The first-order chi connectivity index (χ1) is 9.75. The van der Waals surface area contributed by atoms with Crippen LogP contribution >= 0.6 is 0 Å². The molecule has 1 aromatic heterocycles. The van der Waals surface area contributed by atoms with Crippen LogP contribution in [0, 0.1) is 0 Å². The van der Waals surface area contributed by atoms with Gasteiger partial charge in [-0.25, -0.2) is 9.78 Å². The fourth-order valence-corrected chi connectivity index (χ4v) is 2.71. The van der Waals surface area contributed by atoms with Crippen molar-refractivity contribution in [2.24, 2.45) is 0 Å². The number of carbonyl (C=O) groups is 1. The van der Waals surface area contributed by atoms with Crippen LogP contribution < -0.4 is 9.80 Å². The van der Waals surface area contributed by atoms with E-state index in [0.29, 0.717) is 31.4 Å². The molecule has 0 spiro atoms. The quantitative estimate of drug-likeness (QED) is 0.855. The maximum atomic E-state index is 11.3. The second-order valence-corrected chi connectivity index (χ2v) is 5.00. The molecule has 20 heavy (non-hydrogen) atoms.